The van der Waals surface area contributed by atoms with Crippen LogP contribution in [0.4, 0.5) is 0 Å². The first kappa shape index (κ1) is 25.7. The molecule has 0 aliphatic rings. The van der Waals surface area contributed by atoms with E-state index >= 15 is 0 Å². The van der Waals surface area contributed by atoms with Crippen molar-refractivity contribution < 1.29 is 0 Å². The summed E-state index contributed by atoms with van der Waals surface area (Å²) in [6.45, 7) is 30.0. The monoisotopic (exact) mass is 410 g/mol. The van der Waals surface area contributed by atoms with Crippen molar-refractivity contribution >= 4 is 31.1 Å². The van der Waals surface area contributed by atoms with Crippen LogP contribution in [0.1, 0.15) is 83.1 Å². The third-order valence-corrected chi connectivity index (χ3v) is 25.1. The molecule has 0 bridgehead atoms. The lowest BCUT2D eigenvalue weighted by atomic mass is 10.5. The minimum Gasteiger partial charge on any atom is -0.0967 e. The van der Waals surface area contributed by atoms with Gasteiger partial charge in [0.1, 0.15) is 0 Å². The molecule has 0 aliphatic heterocycles. The summed E-state index contributed by atoms with van der Waals surface area (Å²) in [4.78, 5) is 0. The van der Waals surface area contributed by atoms with E-state index < -0.39 is 0 Å². The van der Waals surface area contributed by atoms with Gasteiger partial charge in [0.15, 0.2) is 0 Å². The fraction of sp³-hybridized carbons (Fsp3) is 1.00. The Kier molecular flexibility index (Phi) is 13.1. The van der Waals surface area contributed by atoms with Crippen molar-refractivity contribution in [2.24, 2.45) is 0 Å². The van der Waals surface area contributed by atoms with E-state index in [1.54, 1.807) is 11.8 Å². The Balaban J connectivity index is 5.44. The van der Waals surface area contributed by atoms with Crippen LogP contribution in [-0.2, 0) is 0 Å². The predicted octanol–water partition coefficient (Wildman–Crippen LogP) is 9.19. The van der Waals surface area contributed by atoms with E-state index in [-0.39, 0.29) is 31.1 Å². The highest BCUT2D eigenvalue weighted by molar-refractivity contribution is 8.33. The third kappa shape index (κ3) is 8.61. The van der Waals surface area contributed by atoms with Gasteiger partial charge in [-0.2, -0.15) is 0 Å². The Labute approximate surface area is 160 Å². The van der Waals surface area contributed by atoms with Crippen LogP contribution in [0, 0.1) is 0 Å². The first-order valence-corrected chi connectivity index (χ1v) is 17.2. The molecule has 2 unspecified atom stereocenters. The molecule has 0 rings (SSSR count). The summed E-state index contributed by atoms with van der Waals surface area (Å²) >= 11 is 0. The highest BCUT2D eigenvalue weighted by atomic mass is 32.1. The molecule has 0 N–H and O–H groups in total. The summed E-state index contributed by atoms with van der Waals surface area (Å²) in [6, 6.07) is 0. The van der Waals surface area contributed by atoms with Crippen LogP contribution < -0.4 is 0 Å². The molecular formula is C20H46P4. The lowest BCUT2D eigenvalue weighted by molar-refractivity contribution is 1.01. The maximum absolute atomic E-state index is 2.53. The van der Waals surface area contributed by atoms with E-state index in [2.05, 4.69) is 83.1 Å². The summed E-state index contributed by atoms with van der Waals surface area (Å²) in [5.41, 5.74) is 5.39. The van der Waals surface area contributed by atoms with Gasteiger partial charge in [0, 0.05) is 0 Å². The molecule has 146 valence electrons. The molecule has 0 radical (unpaired) electrons. The van der Waals surface area contributed by atoms with Gasteiger partial charge in [0.2, 0.25) is 0 Å². The summed E-state index contributed by atoms with van der Waals surface area (Å²) in [5, 5.41) is 0. The second kappa shape index (κ2) is 12.2. The topological polar surface area (TPSA) is 0 Å². The molecule has 2 atom stereocenters. The zero-order valence-electron chi connectivity index (χ0n) is 18.7. The largest absolute Gasteiger partial charge is 0.0967 e. The smallest absolute Gasteiger partial charge is 0.00746 e. The zero-order chi connectivity index (χ0) is 19.2. The average molecular weight is 410 g/mol. The van der Waals surface area contributed by atoms with Crippen LogP contribution in [0.25, 0.3) is 0 Å². The molecule has 0 fully saturated rings. The summed E-state index contributed by atoms with van der Waals surface area (Å²) < 4.78 is 0. The Morgan fingerprint density at radius 3 is 0.708 bits per heavy atom. The Morgan fingerprint density at radius 2 is 0.583 bits per heavy atom. The quantitative estimate of drug-likeness (QED) is 0.298. The third-order valence-electron chi connectivity index (χ3n) is 4.79. The van der Waals surface area contributed by atoms with Crippen LogP contribution >= 0.6 is 31.1 Å². The first-order chi connectivity index (χ1) is 10.9. The summed E-state index contributed by atoms with van der Waals surface area (Å²) in [7, 11) is 0.780. The molecule has 0 aromatic carbocycles. The van der Waals surface area contributed by atoms with Gasteiger partial charge in [0.25, 0.3) is 0 Å². The SMILES string of the molecule is CC(C)P(CP(C(C)C)P(CP(C(C)C)C(C)C)C(C)C)C(C)C. The maximum Gasteiger partial charge on any atom is -0.00746 e. The molecule has 0 heterocycles. The second-order valence-corrected chi connectivity index (χ2v) is 24.1. The van der Waals surface area contributed by atoms with Crippen molar-refractivity contribution in [3.8, 4) is 0 Å². The fourth-order valence-electron chi connectivity index (χ4n) is 3.26. The van der Waals surface area contributed by atoms with E-state index in [9.17, 15) is 0 Å². The Hall–Kier alpha value is 1.72. The van der Waals surface area contributed by atoms with Gasteiger partial charge in [-0.15, -0.1) is 0 Å². The average Bonchev–Trinajstić information content (AvgIpc) is 2.39. The summed E-state index contributed by atoms with van der Waals surface area (Å²) in [5.74, 6) is 3.17. The first-order valence-electron chi connectivity index (χ1n) is 9.94. The number of hydrogen-bond donors (Lipinski definition) is 0. The van der Waals surface area contributed by atoms with Crippen molar-refractivity contribution in [1.29, 1.82) is 0 Å². The van der Waals surface area contributed by atoms with Crippen LogP contribution in [0.2, 0.25) is 0 Å². The molecule has 24 heavy (non-hydrogen) atoms. The van der Waals surface area contributed by atoms with Crippen molar-refractivity contribution in [2.45, 2.75) is 117 Å². The lowest BCUT2D eigenvalue weighted by Gasteiger charge is -2.42. The van der Waals surface area contributed by atoms with Gasteiger partial charge < -0.3 is 0 Å². The fourth-order valence-corrected chi connectivity index (χ4v) is 27.8. The molecule has 0 aromatic heterocycles. The van der Waals surface area contributed by atoms with E-state index in [1.807, 2.05) is 0 Å². The molecule has 4 heteroatoms. The van der Waals surface area contributed by atoms with Crippen LogP contribution in [0.3, 0.4) is 0 Å². The van der Waals surface area contributed by atoms with E-state index in [4.69, 9.17) is 0 Å². The summed E-state index contributed by atoms with van der Waals surface area (Å²) in [6.07, 6.45) is 0. The van der Waals surface area contributed by atoms with Crippen LogP contribution in [0.15, 0.2) is 0 Å². The molecule has 0 amide bonds. The van der Waals surface area contributed by atoms with Gasteiger partial charge in [-0.25, -0.2) is 0 Å². The van der Waals surface area contributed by atoms with Crippen LogP contribution in [-0.4, -0.2) is 45.8 Å². The molecule has 0 saturated carbocycles. The zero-order valence-corrected chi connectivity index (χ0v) is 22.2. The molecule has 0 nitrogen and oxygen atoms in total. The lowest BCUT2D eigenvalue weighted by Crippen LogP contribution is -2.12. The predicted molar refractivity (Wildman–Crippen MR) is 128 cm³/mol. The van der Waals surface area contributed by atoms with E-state index in [1.165, 1.54) is 0 Å². The number of rotatable bonds is 11. The Morgan fingerprint density at radius 1 is 0.375 bits per heavy atom. The highest BCUT2D eigenvalue weighted by Gasteiger charge is 2.33. The molecule has 0 aliphatic carbocycles. The van der Waals surface area contributed by atoms with Crippen molar-refractivity contribution in [3.63, 3.8) is 0 Å². The van der Waals surface area contributed by atoms with Crippen molar-refractivity contribution in [3.05, 3.63) is 0 Å². The minimum absolute atomic E-state index is 0.189. The molecule has 0 aromatic rings. The maximum atomic E-state index is 2.53. The highest BCUT2D eigenvalue weighted by Crippen LogP contribution is 2.81. The van der Waals surface area contributed by atoms with Gasteiger partial charge in [0.05, 0.1) is 0 Å². The second-order valence-electron chi connectivity index (χ2n) is 8.75. The van der Waals surface area contributed by atoms with Crippen LogP contribution in [0.5, 0.6) is 0 Å². The molecule has 0 saturated heterocycles. The van der Waals surface area contributed by atoms with Crippen molar-refractivity contribution in [1.82, 2.24) is 0 Å². The van der Waals surface area contributed by atoms with Gasteiger partial charge in [-0.3, -0.25) is 0 Å². The van der Waals surface area contributed by atoms with E-state index in [0.717, 1.165) is 34.0 Å². The molecular weight excluding hydrogens is 364 g/mol. The van der Waals surface area contributed by atoms with Gasteiger partial charge in [-0.05, 0) is 45.8 Å². The minimum atomic E-state index is 0.189. The van der Waals surface area contributed by atoms with Gasteiger partial charge in [-0.1, -0.05) is 114 Å². The number of hydrogen-bond acceptors (Lipinski definition) is 0. The normalized spacial score (nSPS) is 16.0. The van der Waals surface area contributed by atoms with Crippen molar-refractivity contribution in [2.75, 3.05) is 11.8 Å². The Bertz CT molecular complexity index is 276. The van der Waals surface area contributed by atoms with E-state index in [0.29, 0.717) is 0 Å². The van der Waals surface area contributed by atoms with Gasteiger partial charge >= 0.3 is 0 Å². The molecule has 0 spiro atoms. The standard InChI is InChI=1S/C20H46P4/c1-15(2)21(16(3)4)13-23(19(9)10)24(20(11)12)14-22(17(5)6)18(7)8/h15-20H,13-14H2,1-12H3.